The van der Waals surface area contributed by atoms with Gasteiger partial charge in [0.15, 0.2) is 11.4 Å². The van der Waals surface area contributed by atoms with Crippen molar-refractivity contribution in [3.8, 4) is 0 Å². The number of thioether (sulfide) groups is 1. The number of benzene rings is 3. The molecular weight excluding hydrogens is 570 g/mol. The van der Waals surface area contributed by atoms with Crippen LogP contribution in [0, 0.1) is 0 Å². The van der Waals surface area contributed by atoms with Crippen molar-refractivity contribution < 1.29 is 20.1 Å². The number of aromatic nitrogens is 3. The van der Waals surface area contributed by atoms with Crippen molar-refractivity contribution >= 4 is 34.4 Å². The van der Waals surface area contributed by atoms with Crippen LogP contribution in [0.4, 0.5) is 0 Å². The topological polar surface area (TPSA) is 101 Å². The fourth-order valence-corrected chi connectivity index (χ4v) is 6.70. The van der Waals surface area contributed by atoms with Gasteiger partial charge in [0, 0.05) is 25.5 Å². The lowest BCUT2D eigenvalue weighted by molar-refractivity contribution is -0.160. The Morgan fingerprint density at radius 2 is 1.38 bits per heavy atom. The number of halogens is 1. The van der Waals surface area contributed by atoms with Crippen molar-refractivity contribution in [1.29, 1.82) is 0 Å². The molecule has 5 atom stereocenters. The molecule has 0 spiro atoms. The normalized spacial score (nSPS) is 24.7. The Hall–Kier alpha value is -3.24. The molecule has 0 amide bonds. The molecule has 1 unspecified atom stereocenters. The summed E-state index contributed by atoms with van der Waals surface area (Å²) in [6, 6.07) is 30.3. The van der Waals surface area contributed by atoms with E-state index in [-0.39, 0.29) is 24.4 Å². The van der Waals surface area contributed by atoms with E-state index in [4.69, 9.17) is 21.3 Å². The molecule has 1 saturated heterocycles. The van der Waals surface area contributed by atoms with E-state index in [9.17, 15) is 15.3 Å². The van der Waals surface area contributed by atoms with E-state index in [0.717, 1.165) is 16.7 Å². The van der Waals surface area contributed by atoms with E-state index in [0.29, 0.717) is 16.2 Å². The maximum absolute atomic E-state index is 12.9. The Morgan fingerprint density at radius 1 is 0.833 bits per heavy atom. The van der Waals surface area contributed by atoms with Gasteiger partial charge in [-0.3, -0.25) is 0 Å². The Morgan fingerprint density at radius 3 is 1.95 bits per heavy atom. The van der Waals surface area contributed by atoms with Crippen LogP contribution in [-0.4, -0.2) is 59.5 Å². The molecule has 6 rings (SSSR count). The molecule has 2 aromatic heterocycles. The Bertz CT molecular complexity index is 1660. The van der Waals surface area contributed by atoms with Crippen molar-refractivity contribution in [2.24, 2.45) is 0 Å². The van der Waals surface area contributed by atoms with Crippen LogP contribution in [-0.2, 0) is 24.0 Å². The number of hydrogen-bond donors (Lipinski definition) is 3. The highest BCUT2D eigenvalue weighted by atomic mass is 35.5. The summed E-state index contributed by atoms with van der Waals surface area (Å²) in [5, 5.41) is 38.8. The van der Waals surface area contributed by atoms with Crippen LogP contribution in [0.25, 0.3) is 11.0 Å². The number of nitrogens with zero attached hydrogens (tertiary/aromatic N) is 3. The highest BCUT2D eigenvalue weighted by Crippen LogP contribution is 2.51. The second-order valence-corrected chi connectivity index (χ2v) is 11.9. The van der Waals surface area contributed by atoms with Crippen LogP contribution in [0.2, 0.25) is 5.15 Å². The minimum atomic E-state index is -1.90. The molecule has 1 aliphatic rings. The van der Waals surface area contributed by atoms with Gasteiger partial charge < -0.3 is 24.6 Å². The first-order valence-corrected chi connectivity index (χ1v) is 15.4. The maximum Gasteiger partial charge on any atom is 0.190 e. The fraction of sp³-hybridized carbons (Fsp3) is 0.273. The monoisotopic (exact) mass is 601 g/mol. The lowest BCUT2D eigenvalue weighted by Gasteiger charge is -2.42. The zero-order chi connectivity index (χ0) is 29.3. The third-order valence-corrected chi connectivity index (χ3v) is 8.95. The SMILES string of the molecule is CSc1nc(Cl)c2ccn([C@@H]3O[C@H](C(O)Cc4ccccc4)[C@](O)(Cc4ccccc4)[C@@]3(O)Cc3ccccc3)c2n1. The molecule has 1 aliphatic heterocycles. The average Bonchev–Trinajstić information content (AvgIpc) is 3.51. The fourth-order valence-electron chi connectivity index (χ4n) is 6.06. The van der Waals surface area contributed by atoms with Crippen LogP contribution in [0.15, 0.2) is 108 Å². The third kappa shape index (κ3) is 5.24. The minimum Gasteiger partial charge on any atom is -0.390 e. The van der Waals surface area contributed by atoms with Gasteiger partial charge in [0.1, 0.15) is 28.1 Å². The summed E-state index contributed by atoms with van der Waals surface area (Å²) in [6.07, 6.45) is 0.552. The van der Waals surface area contributed by atoms with Crippen molar-refractivity contribution in [2.75, 3.05) is 6.26 Å². The number of aliphatic hydroxyl groups is 3. The predicted molar refractivity (Wildman–Crippen MR) is 165 cm³/mol. The van der Waals surface area contributed by atoms with Crippen LogP contribution >= 0.6 is 23.4 Å². The molecule has 9 heteroatoms. The van der Waals surface area contributed by atoms with Crippen molar-refractivity contribution in [2.45, 2.75) is 54.1 Å². The first-order chi connectivity index (χ1) is 20.3. The second kappa shape index (κ2) is 11.8. The number of ether oxygens (including phenoxy) is 1. The molecule has 3 N–H and O–H groups in total. The summed E-state index contributed by atoms with van der Waals surface area (Å²) in [4.78, 5) is 9.05. The molecule has 0 bridgehead atoms. The van der Waals surface area contributed by atoms with Gasteiger partial charge in [0.05, 0.1) is 11.5 Å². The Kier molecular flexibility index (Phi) is 8.11. The summed E-state index contributed by atoms with van der Waals surface area (Å²) >= 11 is 7.87. The quantitative estimate of drug-likeness (QED) is 0.120. The van der Waals surface area contributed by atoms with Gasteiger partial charge in [-0.2, -0.15) is 0 Å². The molecule has 0 aliphatic carbocycles. The van der Waals surface area contributed by atoms with Crippen molar-refractivity contribution in [3.63, 3.8) is 0 Å². The van der Waals surface area contributed by atoms with Crippen molar-refractivity contribution in [1.82, 2.24) is 14.5 Å². The average molecular weight is 602 g/mol. The standard InChI is InChI=1S/C33H32ClN3O4S/c1-42-31-35-28(34)25-17-18-37(29(25)36-31)30-33(40,21-24-15-9-4-10-16-24)32(39,20-23-13-7-3-8-14-23)27(41-30)26(38)19-22-11-5-2-6-12-22/h2-18,26-27,30,38-40H,19-21H2,1H3/t26?,27-,30-,32-,33-/m1/s1. The molecule has 0 saturated carbocycles. The molecular formula is C33H32ClN3O4S. The second-order valence-electron chi connectivity index (χ2n) is 10.8. The summed E-state index contributed by atoms with van der Waals surface area (Å²) in [6.45, 7) is 0. The largest absolute Gasteiger partial charge is 0.390 e. The molecule has 7 nitrogen and oxygen atoms in total. The van der Waals surface area contributed by atoms with E-state index in [1.54, 1.807) is 16.8 Å². The molecule has 5 aromatic rings. The molecule has 1 fully saturated rings. The van der Waals surface area contributed by atoms with Gasteiger partial charge in [0.25, 0.3) is 0 Å². The Balaban J connectivity index is 1.52. The van der Waals surface area contributed by atoms with E-state index < -0.39 is 29.6 Å². The van der Waals surface area contributed by atoms with Crippen LogP contribution in [0.3, 0.4) is 0 Å². The van der Waals surface area contributed by atoms with Crippen LogP contribution < -0.4 is 0 Å². The summed E-state index contributed by atoms with van der Waals surface area (Å²) in [7, 11) is 0. The zero-order valence-electron chi connectivity index (χ0n) is 23.0. The van der Waals surface area contributed by atoms with Gasteiger partial charge in [0.2, 0.25) is 0 Å². The highest BCUT2D eigenvalue weighted by molar-refractivity contribution is 7.98. The number of fused-ring (bicyclic) bond motifs is 1. The number of hydrogen-bond acceptors (Lipinski definition) is 7. The first kappa shape index (κ1) is 28.9. The molecule has 0 radical (unpaired) electrons. The zero-order valence-corrected chi connectivity index (χ0v) is 24.6. The minimum absolute atomic E-state index is 0.0508. The third-order valence-electron chi connectivity index (χ3n) is 8.11. The lowest BCUT2D eigenvalue weighted by Crippen LogP contribution is -2.62. The predicted octanol–water partition coefficient (Wildman–Crippen LogP) is 5.26. The van der Waals surface area contributed by atoms with Crippen LogP contribution in [0.5, 0.6) is 0 Å². The maximum atomic E-state index is 12.9. The van der Waals surface area contributed by atoms with Gasteiger partial charge in [-0.15, -0.1) is 0 Å². The summed E-state index contributed by atoms with van der Waals surface area (Å²) < 4.78 is 8.34. The lowest BCUT2D eigenvalue weighted by atomic mass is 9.71. The van der Waals surface area contributed by atoms with E-state index in [2.05, 4.69) is 4.98 Å². The number of aliphatic hydroxyl groups excluding tert-OH is 1. The van der Waals surface area contributed by atoms with E-state index >= 15 is 0 Å². The van der Waals surface area contributed by atoms with Crippen LogP contribution in [0.1, 0.15) is 22.9 Å². The molecule has 3 aromatic carbocycles. The highest BCUT2D eigenvalue weighted by Gasteiger charge is 2.67. The van der Waals surface area contributed by atoms with E-state index in [1.807, 2.05) is 97.3 Å². The van der Waals surface area contributed by atoms with Crippen molar-refractivity contribution in [3.05, 3.63) is 125 Å². The number of rotatable bonds is 9. The first-order valence-electron chi connectivity index (χ1n) is 13.8. The Labute approximate surface area is 253 Å². The van der Waals surface area contributed by atoms with Gasteiger partial charge in [-0.25, -0.2) is 9.97 Å². The molecule has 216 valence electrons. The summed E-state index contributed by atoms with van der Waals surface area (Å²) in [5.41, 5.74) is -0.821. The smallest absolute Gasteiger partial charge is 0.190 e. The molecule has 42 heavy (non-hydrogen) atoms. The summed E-state index contributed by atoms with van der Waals surface area (Å²) in [5.74, 6) is 0. The van der Waals surface area contributed by atoms with E-state index in [1.165, 1.54) is 11.8 Å². The van der Waals surface area contributed by atoms with Gasteiger partial charge >= 0.3 is 0 Å². The van der Waals surface area contributed by atoms with Gasteiger partial charge in [-0.05, 0) is 29.0 Å². The van der Waals surface area contributed by atoms with Gasteiger partial charge in [-0.1, -0.05) is 114 Å². The molecule has 3 heterocycles.